The molecule has 0 aliphatic carbocycles. The van der Waals surface area contributed by atoms with E-state index >= 15 is 0 Å². The zero-order chi connectivity index (χ0) is 16.2. The van der Waals surface area contributed by atoms with Crippen molar-refractivity contribution in [3.8, 4) is 0 Å². The van der Waals surface area contributed by atoms with Crippen LogP contribution < -0.4 is 22.7 Å². The third kappa shape index (κ3) is 4.77. The Balaban J connectivity index is 3.39. The van der Waals surface area contributed by atoms with Gasteiger partial charge in [0.25, 0.3) is 10.0 Å². The summed E-state index contributed by atoms with van der Waals surface area (Å²) in [5.41, 5.74) is 12.8. The van der Waals surface area contributed by atoms with E-state index in [9.17, 15) is 13.2 Å². The molecule has 1 amide bonds. The molecule has 1 aromatic carbocycles. The van der Waals surface area contributed by atoms with E-state index < -0.39 is 21.9 Å². The van der Waals surface area contributed by atoms with Gasteiger partial charge >= 0.3 is 0 Å². The van der Waals surface area contributed by atoms with Crippen LogP contribution in [0.1, 0.15) is 5.56 Å². The molecule has 0 fully saturated rings. The second-order valence-corrected chi connectivity index (χ2v) is 6.90. The van der Waals surface area contributed by atoms with Gasteiger partial charge in [-0.25, -0.2) is 5.84 Å². The molecular weight excluding hydrogens is 338 g/mol. The number of nitrogens with zero attached hydrogens (tertiary/aromatic N) is 1. The molecule has 11 heteroatoms. The first-order valence-corrected chi connectivity index (χ1v) is 8.26. The fraction of sp³-hybridized carbons (Fsp3) is 0.200. The lowest BCUT2D eigenvalue weighted by atomic mass is 10.2. The van der Waals surface area contributed by atoms with Crippen LogP contribution in [0.15, 0.2) is 26.3 Å². The molecule has 21 heavy (non-hydrogen) atoms. The summed E-state index contributed by atoms with van der Waals surface area (Å²) < 4.78 is 27.7. The van der Waals surface area contributed by atoms with Crippen molar-refractivity contribution < 1.29 is 13.2 Å². The van der Waals surface area contributed by atoms with Gasteiger partial charge in [0.15, 0.2) is 0 Å². The summed E-state index contributed by atoms with van der Waals surface area (Å²) in [6.07, 6.45) is 0. The average Bonchev–Trinajstić information content (AvgIpc) is 2.38. The van der Waals surface area contributed by atoms with Crippen molar-refractivity contribution >= 4 is 45.3 Å². The van der Waals surface area contributed by atoms with Crippen molar-refractivity contribution in [3.63, 3.8) is 0 Å². The Kier molecular flexibility index (Phi) is 5.84. The van der Waals surface area contributed by atoms with Crippen LogP contribution in [-0.2, 0) is 14.8 Å². The van der Waals surface area contributed by atoms with Gasteiger partial charge in [-0.1, -0.05) is 11.6 Å². The maximum Gasteiger partial charge on any atom is 0.286 e. The fourth-order valence-corrected chi connectivity index (χ4v) is 3.78. The number of rotatable bonds is 5. The molecule has 0 saturated heterocycles. The number of nitrogens with one attached hydrogen (secondary N) is 1. The Hall–Kier alpha value is -1.49. The predicted octanol–water partition coefficient (Wildman–Crippen LogP) is -0.307. The Morgan fingerprint density at radius 3 is 2.57 bits per heavy atom. The molecule has 0 saturated carbocycles. The van der Waals surface area contributed by atoms with E-state index in [1.54, 1.807) is 6.92 Å². The minimum absolute atomic E-state index is 0.101. The molecule has 116 valence electrons. The van der Waals surface area contributed by atoms with Crippen LogP contribution in [0.5, 0.6) is 0 Å². The number of carbonyl (C=O) groups is 1. The number of benzene rings is 1. The highest BCUT2D eigenvalue weighted by Gasteiger charge is 2.21. The number of sulfonamides is 1. The summed E-state index contributed by atoms with van der Waals surface area (Å²) in [4.78, 5) is 11.0. The highest BCUT2D eigenvalue weighted by Crippen LogP contribution is 2.32. The van der Waals surface area contributed by atoms with Crippen LogP contribution in [-0.4, -0.2) is 26.0 Å². The van der Waals surface area contributed by atoms with Crippen molar-refractivity contribution in [2.45, 2.75) is 16.7 Å². The Labute approximate surface area is 131 Å². The first kappa shape index (κ1) is 17.6. The molecule has 7 N–H and O–H groups in total. The van der Waals surface area contributed by atoms with Crippen LogP contribution in [0, 0.1) is 6.92 Å². The van der Waals surface area contributed by atoms with Gasteiger partial charge in [0.2, 0.25) is 11.9 Å². The molecule has 0 aliphatic heterocycles. The number of guanidine groups is 1. The Bertz CT molecular complexity index is 690. The smallest absolute Gasteiger partial charge is 0.286 e. The summed E-state index contributed by atoms with van der Waals surface area (Å²) in [7, 11) is -4.10. The number of amides is 1. The number of aryl methyl sites for hydroxylation is 1. The van der Waals surface area contributed by atoms with Crippen LogP contribution in [0.3, 0.4) is 0 Å². The second kappa shape index (κ2) is 6.98. The van der Waals surface area contributed by atoms with E-state index in [2.05, 4.69) is 4.40 Å². The van der Waals surface area contributed by atoms with Crippen molar-refractivity contribution in [2.75, 3.05) is 5.75 Å². The predicted molar refractivity (Wildman–Crippen MR) is 82.2 cm³/mol. The van der Waals surface area contributed by atoms with Gasteiger partial charge in [0.1, 0.15) is 4.90 Å². The van der Waals surface area contributed by atoms with Gasteiger partial charge in [-0.2, -0.15) is 8.42 Å². The monoisotopic (exact) mass is 351 g/mol. The summed E-state index contributed by atoms with van der Waals surface area (Å²) in [5.74, 6) is 3.83. The van der Waals surface area contributed by atoms with Gasteiger partial charge in [-0.05, 0) is 24.6 Å². The second-order valence-electron chi connectivity index (χ2n) is 3.90. The molecule has 0 heterocycles. The number of primary amides is 1. The number of halogens is 1. The standard InChI is InChI=1S/C10H14ClN5O3S2/c1-5-2-8(21(18,19)16-10(13)15-14)7(3-6(5)11)20-4-9(12)17/h2-3H,4,14H2,1H3,(H2,12,17)(H3,13,15,16). The number of hydrogen-bond donors (Lipinski definition) is 4. The zero-order valence-electron chi connectivity index (χ0n) is 11.0. The number of carbonyl (C=O) groups excluding carboxylic acids is 1. The van der Waals surface area contributed by atoms with E-state index in [1.807, 2.05) is 5.43 Å². The van der Waals surface area contributed by atoms with Gasteiger partial charge in [0, 0.05) is 9.92 Å². The maximum atomic E-state index is 12.2. The summed E-state index contributed by atoms with van der Waals surface area (Å²) in [5, 5.41) is 0.356. The van der Waals surface area contributed by atoms with E-state index in [-0.39, 0.29) is 15.5 Å². The van der Waals surface area contributed by atoms with E-state index in [1.165, 1.54) is 12.1 Å². The minimum atomic E-state index is -4.10. The Morgan fingerprint density at radius 1 is 1.43 bits per heavy atom. The molecule has 0 unspecified atom stereocenters. The average molecular weight is 352 g/mol. The van der Waals surface area contributed by atoms with Gasteiger partial charge in [0.05, 0.1) is 5.75 Å². The van der Waals surface area contributed by atoms with Crippen LogP contribution in [0.25, 0.3) is 0 Å². The van der Waals surface area contributed by atoms with Gasteiger partial charge in [-0.15, -0.1) is 16.2 Å². The van der Waals surface area contributed by atoms with Crippen LogP contribution in [0.4, 0.5) is 0 Å². The molecule has 0 bridgehead atoms. The fourth-order valence-electron chi connectivity index (χ4n) is 1.31. The van der Waals surface area contributed by atoms with Gasteiger partial charge in [-0.3, -0.25) is 10.2 Å². The van der Waals surface area contributed by atoms with Crippen LogP contribution in [0.2, 0.25) is 5.02 Å². The third-order valence-corrected chi connectivity index (χ3v) is 5.18. The molecule has 1 rings (SSSR count). The first-order valence-electron chi connectivity index (χ1n) is 5.45. The van der Waals surface area contributed by atoms with Crippen molar-refractivity contribution in [1.82, 2.24) is 5.43 Å². The number of thioether (sulfide) groups is 1. The zero-order valence-corrected chi connectivity index (χ0v) is 13.3. The molecule has 0 radical (unpaired) electrons. The minimum Gasteiger partial charge on any atom is -0.369 e. The number of nitrogens with two attached hydrogens (primary N) is 3. The number of hydrogen-bond acceptors (Lipinski definition) is 5. The lowest BCUT2D eigenvalue weighted by Crippen LogP contribution is -2.37. The molecule has 0 aliphatic rings. The highest BCUT2D eigenvalue weighted by molar-refractivity contribution is 8.00. The summed E-state index contributed by atoms with van der Waals surface area (Å²) >= 11 is 6.91. The topological polar surface area (TPSA) is 154 Å². The maximum absolute atomic E-state index is 12.2. The van der Waals surface area contributed by atoms with Crippen LogP contribution >= 0.6 is 23.4 Å². The molecule has 0 aromatic heterocycles. The normalized spacial score (nSPS) is 12.2. The molecule has 0 atom stereocenters. The summed E-state index contributed by atoms with van der Waals surface area (Å²) in [6, 6.07) is 2.77. The lowest BCUT2D eigenvalue weighted by molar-refractivity contribution is -0.115. The molecule has 1 aromatic rings. The third-order valence-electron chi connectivity index (χ3n) is 2.24. The Morgan fingerprint density at radius 2 is 2.05 bits per heavy atom. The van der Waals surface area contributed by atoms with E-state index in [0.29, 0.717) is 10.6 Å². The number of hydrazine groups is 1. The van der Waals surface area contributed by atoms with Crippen molar-refractivity contribution in [1.29, 1.82) is 0 Å². The SMILES string of the molecule is Cc1cc(S(=O)(=O)/N=C(/N)NN)c(SCC(N)=O)cc1Cl. The molecule has 8 nitrogen and oxygen atoms in total. The van der Waals surface area contributed by atoms with E-state index in [0.717, 1.165) is 11.8 Å². The molecule has 0 spiro atoms. The first-order chi connectivity index (χ1) is 9.67. The quantitative estimate of drug-likeness (QED) is 0.186. The largest absolute Gasteiger partial charge is 0.369 e. The van der Waals surface area contributed by atoms with E-state index in [4.69, 9.17) is 28.9 Å². The highest BCUT2D eigenvalue weighted by atomic mass is 35.5. The van der Waals surface area contributed by atoms with Crippen molar-refractivity contribution in [2.24, 2.45) is 21.7 Å². The van der Waals surface area contributed by atoms with Gasteiger partial charge < -0.3 is 11.5 Å². The lowest BCUT2D eigenvalue weighted by Gasteiger charge is -2.10. The summed E-state index contributed by atoms with van der Waals surface area (Å²) in [6.45, 7) is 1.64. The van der Waals surface area contributed by atoms with Crippen molar-refractivity contribution in [3.05, 3.63) is 22.7 Å². The molecular formula is C10H14ClN5O3S2.